The van der Waals surface area contributed by atoms with E-state index in [1.54, 1.807) is 0 Å². The molecule has 2 aromatic carbocycles. The molecule has 3 nitrogen and oxygen atoms in total. The van der Waals surface area contributed by atoms with Gasteiger partial charge in [0.2, 0.25) is 0 Å². The highest BCUT2D eigenvalue weighted by Crippen LogP contribution is 2.37. The number of aliphatic hydroxyl groups excluding tert-OH is 1. The normalized spacial score (nSPS) is 15.1. The Balaban J connectivity index is 2.62. The molecule has 0 fully saturated rings. The Morgan fingerprint density at radius 3 is 1.62 bits per heavy atom. The fourth-order valence-electron chi connectivity index (χ4n) is 3.08. The van der Waals surface area contributed by atoms with Crippen molar-refractivity contribution in [3.05, 3.63) is 60.7 Å². The Kier molecular flexibility index (Phi) is 5.66. The van der Waals surface area contributed by atoms with Gasteiger partial charge in [-0.25, -0.2) is 0 Å². The lowest BCUT2D eigenvalue weighted by molar-refractivity contribution is 0.140. The molecule has 0 saturated heterocycles. The van der Waals surface area contributed by atoms with Crippen molar-refractivity contribution in [2.45, 2.75) is 38.3 Å². The fraction of sp³-hybridized carbons (Fsp3) is 0.400. The molecule has 0 saturated carbocycles. The van der Waals surface area contributed by atoms with E-state index in [0.717, 1.165) is 0 Å². The molecule has 2 aromatic rings. The summed E-state index contributed by atoms with van der Waals surface area (Å²) in [7, 11) is -2.57. The first-order chi connectivity index (χ1) is 11.2. The van der Waals surface area contributed by atoms with Crippen LogP contribution in [0.5, 0.6) is 0 Å². The van der Waals surface area contributed by atoms with Gasteiger partial charge in [0.15, 0.2) is 0 Å². The van der Waals surface area contributed by atoms with Crippen LogP contribution in [-0.4, -0.2) is 32.2 Å². The van der Waals surface area contributed by atoms with Crippen LogP contribution in [-0.2, 0) is 4.43 Å². The van der Waals surface area contributed by atoms with Gasteiger partial charge < -0.3 is 15.3 Å². The van der Waals surface area contributed by atoms with Crippen LogP contribution in [0.3, 0.4) is 0 Å². The summed E-state index contributed by atoms with van der Waals surface area (Å²) in [6.07, 6.45) is 0. The molecule has 24 heavy (non-hydrogen) atoms. The van der Waals surface area contributed by atoms with Crippen LogP contribution < -0.4 is 16.1 Å². The van der Waals surface area contributed by atoms with Gasteiger partial charge in [-0.15, -0.1) is 0 Å². The largest absolute Gasteiger partial charge is 0.405 e. The van der Waals surface area contributed by atoms with Crippen molar-refractivity contribution in [2.24, 2.45) is 5.73 Å². The summed E-state index contributed by atoms with van der Waals surface area (Å²) in [5, 5.41) is 11.9. The molecular weight excluding hydrogens is 314 g/mol. The summed E-state index contributed by atoms with van der Waals surface area (Å²) in [4.78, 5) is 0. The lowest BCUT2D eigenvalue weighted by Gasteiger charge is -2.44. The zero-order valence-electron chi connectivity index (χ0n) is 15.1. The molecular formula is C20H29NO2Si. The third kappa shape index (κ3) is 3.78. The van der Waals surface area contributed by atoms with Crippen LogP contribution >= 0.6 is 0 Å². The van der Waals surface area contributed by atoms with Crippen LogP contribution in [0.4, 0.5) is 0 Å². The molecule has 0 aliphatic carbocycles. The second kappa shape index (κ2) is 7.19. The van der Waals surface area contributed by atoms with Gasteiger partial charge in [0, 0.05) is 0 Å². The van der Waals surface area contributed by atoms with Crippen molar-refractivity contribution in [1.82, 2.24) is 0 Å². The van der Waals surface area contributed by atoms with E-state index >= 15 is 0 Å². The van der Waals surface area contributed by atoms with Crippen molar-refractivity contribution >= 4 is 18.7 Å². The lowest BCUT2D eigenvalue weighted by Crippen LogP contribution is -2.68. The highest BCUT2D eigenvalue weighted by Gasteiger charge is 2.50. The Hall–Kier alpha value is -1.46. The molecule has 0 aliphatic heterocycles. The van der Waals surface area contributed by atoms with Crippen LogP contribution in [0.2, 0.25) is 5.04 Å². The van der Waals surface area contributed by atoms with E-state index in [9.17, 15) is 5.11 Å². The second-order valence-corrected chi connectivity index (χ2v) is 12.1. The van der Waals surface area contributed by atoms with E-state index in [0.29, 0.717) is 6.61 Å². The van der Waals surface area contributed by atoms with Gasteiger partial charge in [-0.05, 0) is 22.3 Å². The summed E-state index contributed by atoms with van der Waals surface area (Å²) in [6, 6.07) is 20.9. The molecule has 0 bridgehead atoms. The Labute approximate surface area is 146 Å². The maximum absolute atomic E-state index is 9.55. The van der Waals surface area contributed by atoms with Gasteiger partial charge in [0.05, 0.1) is 18.8 Å². The van der Waals surface area contributed by atoms with Gasteiger partial charge >= 0.3 is 0 Å². The summed E-state index contributed by atoms with van der Waals surface area (Å²) in [6.45, 7) is 8.72. The number of rotatable bonds is 6. The number of aliphatic hydroxyl groups is 1. The summed E-state index contributed by atoms with van der Waals surface area (Å²) < 4.78 is 6.68. The molecule has 3 N–H and O–H groups in total. The second-order valence-electron chi connectivity index (χ2n) is 7.76. The number of hydrogen-bond donors (Lipinski definition) is 2. The average Bonchev–Trinajstić information content (AvgIpc) is 2.56. The van der Waals surface area contributed by atoms with Gasteiger partial charge in [-0.2, -0.15) is 0 Å². The Bertz CT molecular complexity index is 596. The summed E-state index contributed by atoms with van der Waals surface area (Å²) in [5.74, 6) is 0. The van der Waals surface area contributed by atoms with Gasteiger partial charge in [0.25, 0.3) is 8.32 Å². The molecule has 0 aliphatic rings. The SMILES string of the molecule is CC(N)(CO)CO[Si](c1ccccc1)(c1ccccc1)C(C)(C)C. The molecule has 1 atom stereocenters. The minimum atomic E-state index is -2.57. The van der Waals surface area contributed by atoms with Crippen molar-refractivity contribution < 1.29 is 9.53 Å². The maximum Gasteiger partial charge on any atom is 0.261 e. The minimum Gasteiger partial charge on any atom is -0.405 e. The van der Waals surface area contributed by atoms with Crippen molar-refractivity contribution in [2.75, 3.05) is 13.2 Å². The molecule has 0 radical (unpaired) electrons. The molecule has 0 heterocycles. The highest BCUT2D eigenvalue weighted by molar-refractivity contribution is 6.99. The first-order valence-corrected chi connectivity index (χ1v) is 10.3. The molecule has 0 aromatic heterocycles. The molecule has 0 amide bonds. The third-order valence-corrected chi connectivity index (χ3v) is 9.38. The van der Waals surface area contributed by atoms with Gasteiger partial charge in [0.1, 0.15) is 0 Å². The van der Waals surface area contributed by atoms with Gasteiger partial charge in [-0.1, -0.05) is 81.4 Å². The highest BCUT2D eigenvalue weighted by atomic mass is 28.4. The van der Waals surface area contributed by atoms with E-state index in [-0.39, 0.29) is 11.6 Å². The van der Waals surface area contributed by atoms with Crippen LogP contribution in [0, 0.1) is 0 Å². The van der Waals surface area contributed by atoms with Gasteiger partial charge in [-0.3, -0.25) is 0 Å². The number of benzene rings is 2. The Morgan fingerprint density at radius 2 is 1.29 bits per heavy atom. The zero-order valence-corrected chi connectivity index (χ0v) is 16.1. The van der Waals surface area contributed by atoms with E-state index in [4.69, 9.17) is 10.2 Å². The average molecular weight is 344 g/mol. The predicted molar refractivity (Wildman–Crippen MR) is 103 cm³/mol. The quantitative estimate of drug-likeness (QED) is 0.791. The first kappa shape index (κ1) is 18.9. The first-order valence-electron chi connectivity index (χ1n) is 8.38. The smallest absolute Gasteiger partial charge is 0.261 e. The fourth-order valence-corrected chi connectivity index (χ4v) is 7.78. The molecule has 130 valence electrons. The zero-order chi connectivity index (χ0) is 17.8. The van der Waals surface area contributed by atoms with E-state index in [1.807, 2.05) is 19.1 Å². The Morgan fingerprint density at radius 1 is 0.875 bits per heavy atom. The minimum absolute atomic E-state index is 0.0821. The monoisotopic (exact) mass is 343 g/mol. The third-order valence-electron chi connectivity index (χ3n) is 4.40. The van der Waals surface area contributed by atoms with E-state index < -0.39 is 13.9 Å². The van der Waals surface area contributed by atoms with Crippen LogP contribution in [0.25, 0.3) is 0 Å². The molecule has 1 unspecified atom stereocenters. The van der Waals surface area contributed by atoms with Crippen molar-refractivity contribution in [3.63, 3.8) is 0 Å². The summed E-state index contributed by atoms with van der Waals surface area (Å²) >= 11 is 0. The van der Waals surface area contributed by atoms with E-state index in [1.165, 1.54) is 10.4 Å². The van der Waals surface area contributed by atoms with Crippen molar-refractivity contribution in [3.8, 4) is 0 Å². The molecule has 4 heteroatoms. The lowest BCUT2D eigenvalue weighted by atomic mass is 10.1. The molecule has 2 rings (SSSR count). The maximum atomic E-state index is 9.55. The van der Waals surface area contributed by atoms with E-state index in [2.05, 4.69) is 69.3 Å². The topological polar surface area (TPSA) is 55.5 Å². The van der Waals surface area contributed by atoms with Crippen LogP contribution in [0.1, 0.15) is 27.7 Å². The number of nitrogens with two attached hydrogens (primary N) is 1. The standard InChI is InChI=1S/C20H29NO2Si/c1-19(2,3)24(17-11-7-5-8-12-17,18-13-9-6-10-14-18)23-16-20(4,21)15-22/h5-14,22H,15-16,21H2,1-4H3. The predicted octanol–water partition coefficient (Wildman–Crippen LogP) is 2.27. The van der Waals surface area contributed by atoms with Crippen molar-refractivity contribution in [1.29, 1.82) is 0 Å². The summed E-state index contributed by atoms with van der Waals surface area (Å²) in [5.41, 5.74) is 5.41. The molecule has 0 spiro atoms. The van der Waals surface area contributed by atoms with Crippen LogP contribution in [0.15, 0.2) is 60.7 Å². The number of hydrogen-bond acceptors (Lipinski definition) is 3.